The summed E-state index contributed by atoms with van der Waals surface area (Å²) in [5.74, 6) is 1.02. The van der Waals surface area contributed by atoms with Crippen molar-refractivity contribution in [1.82, 2.24) is 0 Å². The smallest absolute Gasteiger partial charge is 0.310 e. The molecule has 0 atom stereocenters. The number of benzene rings is 3. The Morgan fingerprint density at radius 1 is 1.03 bits per heavy atom. The Morgan fingerprint density at radius 2 is 1.88 bits per heavy atom. The summed E-state index contributed by atoms with van der Waals surface area (Å²) in [4.78, 5) is 12.0. The Bertz CT molecular complexity index is 1380. The molecule has 5 heteroatoms. The van der Waals surface area contributed by atoms with Crippen LogP contribution in [0.5, 0.6) is 5.75 Å². The first-order valence-corrected chi connectivity index (χ1v) is 11.4. The molecule has 0 aliphatic rings. The van der Waals surface area contributed by atoms with Crippen LogP contribution < -0.4 is 4.74 Å². The maximum absolute atomic E-state index is 12.0. The molecule has 0 unspecified atom stereocenters. The van der Waals surface area contributed by atoms with Crippen LogP contribution in [0.15, 0.2) is 65.1 Å². The van der Waals surface area contributed by atoms with Crippen molar-refractivity contribution in [2.45, 2.75) is 40.2 Å². The van der Waals surface area contributed by atoms with Crippen molar-refractivity contribution < 1.29 is 18.7 Å². The number of furan rings is 1. The summed E-state index contributed by atoms with van der Waals surface area (Å²) >= 11 is 0. The molecule has 0 fully saturated rings. The van der Waals surface area contributed by atoms with E-state index in [1.807, 2.05) is 13.0 Å². The van der Waals surface area contributed by atoms with Gasteiger partial charge < -0.3 is 13.9 Å². The minimum absolute atomic E-state index is 0.0872. The molecule has 0 saturated heterocycles. The first-order chi connectivity index (χ1) is 16.5. The van der Waals surface area contributed by atoms with Crippen molar-refractivity contribution in [1.29, 1.82) is 5.26 Å². The molecule has 0 radical (unpaired) electrons. The van der Waals surface area contributed by atoms with E-state index < -0.39 is 0 Å². The highest BCUT2D eigenvalue weighted by Gasteiger charge is 2.14. The average molecular weight is 454 g/mol. The molecule has 0 bridgehead atoms. The molecule has 0 spiro atoms. The number of aryl methyl sites for hydroxylation is 2. The molecule has 1 heterocycles. The van der Waals surface area contributed by atoms with Crippen LogP contribution in [0.3, 0.4) is 0 Å². The quantitative estimate of drug-likeness (QED) is 0.284. The Morgan fingerprint density at radius 3 is 2.65 bits per heavy atom. The average Bonchev–Trinajstić information content (AvgIpc) is 3.23. The molecule has 4 rings (SSSR count). The van der Waals surface area contributed by atoms with Crippen LogP contribution in [0.1, 0.15) is 41.9 Å². The van der Waals surface area contributed by atoms with Crippen molar-refractivity contribution in [2.75, 3.05) is 6.61 Å². The van der Waals surface area contributed by atoms with Crippen LogP contribution in [-0.2, 0) is 29.0 Å². The van der Waals surface area contributed by atoms with E-state index in [1.165, 1.54) is 5.56 Å². The summed E-state index contributed by atoms with van der Waals surface area (Å²) in [5, 5.41) is 10.3. The number of nitriles is 1. The van der Waals surface area contributed by atoms with Gasteiger partial charge in [0.2, 0.25) is 0 Å². The number of ether oxygens (including phenoxy) is 2. The van der Waals surface area contributed by atoms with Crippen LogP contribution in [0.2, 0.25) is 0 Å². The highest BCUT2D eigenvalue weighted by atomic mass is 16.5. The van der Waals surface area contributed by atoms with Gasteiger partial charge in [-0.1, -0.05) is 37.3 Å². The second kappa shape index (κ2) is 10.3. The van der Waals surface area contributed by atoms with Crippen molar-refractivity contribution in [2.24, 2.45) is 0 Å². The van der Waals surface area contributed by atoms with E-state index in [0.717, 1.165) is 39.8 Å². The SMILES string of the molecule is CCOC(=O)Cc1ccc(C#N)cc1OCc1cc(-c2cccc(CC)c2)c2oc(C)cc2c1. The number of hydrogen-bond donors (Lipinski definition) is 0. The van der Waals surface area contributed by atoms with E-state index in [2.05, 4.69) is 49.4 Å². The second-order valence-electron chi connectivity index (χ2n) is 8.18. The van der Waals surface area contributed by atoms with Gasteiger partial charge in [-0.3, -0.25) is 4.79 Å². The number of carbonyl (C=O) groups excluding carboxylic acids is 1. The molecular formula is C29H27NO4. The standard InChI is InChI=1S/C29H27NO4/c1-4-20-7-6-8-23(12-20)26-14-22(13-25-11-19(3)34-29(25)26)18-33-27-15-21(17-30)9-10-24(27)16-28(31)32-5-2/h6-15H,4-5,16,18H2,1-3H3. The number of esters is 1. The van der Waals surface area contributed by atoms with Crippen LogP contribution in [0, 0.1) is 18.3 Å². The van der Waals surface area contributed by atoms with Crippen molar-refractivity contribution in [3.8, 4) is 22.9 Å². The third-order valence-corrected chi connectivity index (χ3v) is 5.68. The molecule has 4 aromatic rings. The monoisotopic (exact) mass is 453 g/mol. The molecule has 0 aliphatic heterocycles. The zero-order chi connectivity index (χ0) is 24.1. The third-order valence-electron chi connectivity index (χ3n) is 5.68. The van der Waals surface area contributed by atoms with Gasteiger partial charge in [0, 0.05) is 16.5 Å². The van der Waals surface area contributed by atoms with Crippen LogP contribution in [0.4, 0.5) is 0 Å². The van der Waals surface area contributed by atoms with E-state index in [-0.39, 0.29) is 19.0 Å². The van der Waals surface area contributed by atoms with E-state index in [0.29, 0.717) is 23.5 Å². The van der Waals surface area contributed by atoms with Gasteiger partial charge in [-0.15, -0.1) is 0 Å². The lowest BCUT2D eigenvalue weighted by Crippen LogP contribution is -2.09. The second-order valence-corrected chi connectivity index (χ2v) is 8.18. The van der Waals surface area contributed by atoms with Gasteiger partial charge >= 0.3 is 5.97 Å². The van der Waals surface area contributed by atoms with Gasteiger partial charge in [0.1, 0.15) is 23.7 Å². The molecule has 0 amide bonds. The normalized spacial score (nSPS) is 10.8. The van der Waals surface area contributed by atoms with Crippen molar-refractivity contribution in [3.05, 3.63) is 88.7 Å². The molecule has 0 saturated carbocycles. The Kier molecular flexibility index (Phi) is 6.98. The van der Waals surface area contributed by atoms with Crippen LogP contribution >= 0.6 is 0 Å². The van der Waals surface area contributed by atoms with E-state index in [9.17, 15) is 10.1 Å². The molecule has 34 heavy (non-hydrogen) atoms. The molecule has 172 valence electrons. The lowest BCUT2D eigenvalue weighted by atomic mass is 9.98. The summed E-state index contributed by atoms with van der Waals surface area (Å²) in [6, 6.07) is 21.8. The zero-order valence-electron chi connectivity index (χ0n) is 19.7. The minimum atomic E-state index is -0.328. The fraction of sp³-hybridized carbons (Fsp3) is 0.241. The molecular weight excluding hydrogens is 426 g/mol. The van der Waals surface area contributed by atoms with Gasteiger partial charge in [0.15, 0.2) is 0 Å². The predicted molar refractivity (Wildman–Crippen MR) is 132 cm³/mol. The summed E-state index contributed by atoms with van der Waals surface area (Å²) in [5.41, 5.74) is 6.34. The first kappa shape index (κ1) is 23.1. The minimum Gasteiger partial charge on any atom is -0.489 e. The Hall–Kier alpha value is -4.04. The number of hydrogen-bond acceptors (Lipinski definition) is 5. The Labute approximate surface area is 199 Å². The van der Waals surface area contributed by atoms with Crippen molar-refractivity contribution >= 4 is 16.9 Å². The van der Waals surface area contributed by atoms with Crippen molar-refractivity contribution in [3.63, 3.8) is 0 Å². The number of fused-ring (bicyclic) bond motifs is 1. The third kappa shape index (κ3) is 5.13. The maximum atomic E-state index is 12.0. The Balaban J connectivity index is 1.68. The maximum Gasteiger partial charge on any atom is 0.310 e. The van der Waals surface area contributed by atoms with Gasteiger partial charge in [0.05, 0.1) is 24.7 Å². The van der Waals surface area contributed by atoms with Gasteiger partial charge in [-0.2, -0.15) is 5.26 Å². The summed E-state index contributed by atoms with van der Waals surface area (Å²) in [6.07, 6.45) is 1.04. The highest BCUT2D eigenvalue weighted by molar-refractivity contribution is 5.93. The lowest BCUT2D eigenvalue weighted by molar-refractivity contribution is -0.142. The van der Waals surface area contributed by atoms with Gasteiger partial charge in [0.25, 0.3) is 0 Å². The number of rotatable bonds is 8. The summed E-state index contributed by atoms with van der Waals surface area (Å²) in [6.45, 7) is 6.45. The van der Waals surface area contributed by atoms with E-state index in [1.54, 1.807) is 25.1 Å². The fourth-order valence-electron chi connectivity index (χ4n) is 4.03. The lowest BCUT2D eigenvalue weighted by Gasteiger charge is -2.13. The molecule has 0 N–H and O–H groups in total. The number of nitrogens with zero attached hydrogens (tertiary/aromatic N) is 1. The van der Waals surface area contributed by atoms with Gasteiger partial charge in [-0.05, 0) is 67.3 Å². The van der Waals surface area contributed by atoms with Crippen LogP contribution in [-0.4, -0.2) is 12.6 Å². The molecule has 0 aliphatic carbocycles. The fourth-order valence-corrected chi connectivity index (χ4v) is 4.03. The zero-order valence-corrected chi connectivity index (χ0v) is 19.7. The van der Waals surface area contributed by atoms with Crippen LogP contribution in [0.25, 0.3) is 22.1 Å². The predicted octanol–water partition coefficient (Wildman–Crippen LogP) is 6.53. The van der Waals surface area contributed by atoms with E-state index >= 15 is 0 Å². The molecule has 3 aromatic carbocycles. The topological polar surface area (TPSA) is 72.5 Å². The molecule has 1 aromatic heterocycles. The summed E-state index contributed by atoms with van der Waals surface area (Å²) < 4.78 is 17.3. The summed E-state index contributed by atoms with van der Waals surface area (Å²) in [7, 11) is 0. The number of carbonyl (C=O) groups is 1. The molecule has 5 nitrogen and oxygen atoms in total. The first-order valence-electron chi connectivity index (χ1n) is 11.4. The van der Waals surface area contributed by atoms with E-state index in [4.69, 9.17) is 13.9 Å². The highest BCUT2D eigenvalue weighted by Crippen LogP contribution is 2.33. The van der Waals surface area contributed by atoms with Gasteiger partial charge in [-0.25, -0.2) is 0 Å². The largest absolute Gasteiger partial charge is 0.489 e.